The van der Waals surface area contributed by atoms with Crippen molar-refractivity contribution in [2.45, 2.75) is 26.8 Å². The highest BCUT2D eigenvalue weighted by molar-refractivity contribution is 9.10. The fraction of sp³-hybridized carbons (Fsp3) is 0.294. The maximum Gasteiger partial charge on any atom is 0.142 e. The molecular weight excluding hydrogens is 314 g/mol. The number of nitrogens with one attached hydrogen (secondary N) is 1. The molecule has 20 heavy (non-hydrogen) atoms. The molecule has 2 nitrogen and oxygen atoms in total. The van der Waals surface area contributed by atoms with Crippen LogP contribution >= 0.6 is 15.9 Å². The summed E-state index contributed by atoms with van der Waals surface area (Å²) in [6.07, 6.45) is 0. The van der Waals surface area contributed by atoms with E-state index in [0.29, 0.717) is 0 Å². The largest absolute Gasteiger partial charge is 0.495 e. The number of hydrogen-bond acceptors (Lipinski definition) is 2. The van der Waals surface area contributed by atoms with Crippen molar-refractivity contribution in [3.05, 3.63) is 57.6 Å². The van der Waals surface area contributed by atoms with Gasteiger partial charge in [-0.05, 0) is 50.1 Å². The van der Waals surface area contributed by atoms with Crippen LogP contribution in [0, 0.1) is 13.8 Å². The number of halogens is 1. The predicted octanol–water partition coefficient (Wildman–Crippen LogP) is 5.25. The lowest BCUT2D eigenvalue weighted by molar-refractivity contribution is 0.416. The molecule has 0 spiro atoms. The summed E-state index contributed by atoms with van der Waals surface area (Å²) in [7, 11) is 1.69. The van der Waals surface area contributed by atoms with Gasteiger partial charge in [0.15, 0.2) is 0 Å². The predicted molar refractivity (Wildman–Crippen MR) is 88.6 cm³/mol. The molecule has 1 atom stereocenters. The fourth-order valence-electron chi connectivity index (χ4n) is 2.42. The molecule has 0 radical (unpaired) electrons. The molecule has 0 bridgehead atoms. The Morgan fingerprint density at radius 2 is 1.85 bits per heavy atom. The molecule has 106 valence electrons. The van der Waals surface area contributed by atoms with Crippen molar-refractivity contribution in [2.24, 2.45) is 0 Å². The van der Waals surface area contributed by atoms with Crippen LogP contribution in [0.15, 0.2) is 40.9 Å². The first kappa shape index (κ1) is 14.9. The van der Waals surface area contributed by atoms with Gasteiger partial charge >= 0.3 is 0 Å². The van der Waals surface area contributed by atoms with Gasteiger partial charge in [-0.15, -0.1) is 0 Å². The average Bonchev–Trinajstić information content (AvgIpc) is 2.38. The summed E-state index contributed by atoms with van der Waals surface area (Å²) in [5, 5.41) is 3.52. The minimum atomic E-state index is 0.221. The average molecular weight is 334 g/mol. The van der Waals surface area contributed by atoms with Gasteiger partial charge in [-0.25, -0.2) is 0 Å². The molecule has 0 aromatic heterocycles. The van der Waals surface area contributed by atoms with Crippen LogP contribution in [-0.4, -0.2) is 7.11 Å². The second-order valence-corrected chi connectivity index (χ2v) is 5.99. The van der Waals surface area contributed by atoms with Crippen molar-refractivity contribution in [3.8, 4) is 5.75 Å². The molecule has 1 N–H and O–H groups in total. The van der Waals surface area contributed by atoms with Crippen molar-refractivity contribution >= 4 is 21.6 Å². The third-order valence-electron chi connectivity index (χ3n) is 3.43. The minimum Gasteiger partial charge on any atom is -0.495 e. The molecular formula is C17H20BrNO. The molecule has 0 heterocycles. The van der Waals surface area contributed by atoms with E-state index in [1.54, 1.807) is 7.11 Å². The number of benzene rings is 2. The highest BCUT2D eigenvalue weighted by Gasteiger charge is 2.11. The Kier molecular flexibility index (Phi) is 4.71. The molecule has 0 aliphatic carbocycles. The van der Waals surface area contributed by atoms with Gasteiger partial charge in [0.05, 0.1) is 12.8 Å². The molecule has 2 aromatic carbocycles. The normalized spacial score (nSPS) is 12.1. The van der Waals surface area contributed by atoms with Crippen molar-refractivity contribution < 1.29 is 4.74 Å². The molecule has 2 aromatic rings. The van der Waals surface area contributed by atoms with E-state index in [0.717, 1.165) is 15.9 Å². The number of hydrogen-bond donors (Lipinski definition) is 1. The molecule has 0 aliphatic heterocycles. The van der Waals surface area contributed by atoms with Crippen LogP contribution < -0.4 is 10.1 Å². The monoisotopic (exact) mass is 333 g/mol. The topological polar surface area (TPSA) is 21.3 Å². The van der Waals surface area contributed by atoms with E-state index in [9.17, 15) is 0 Å². The SMILES string of the molecule is COc1ccc(Br)cc1NC(C)c1ccc(C)cc1C. The molecule has 0 fully saturated rings. The van der Waals surface area contributed by atoms with E-state index in [1.165, 1.54) is 16.7 Å². The Bertz CT molecular complexity index is 610. The van der Waals surface area contributed by atoms with Gasteiger partial charge in [-0.1, -0.05) is 39.7 Å². The summed E-state index contributed by atoms with van der Waals surface area (Å²) in [5.41, 5.74) is 4.89. The lowest BCUT2D eigenvalue weighted by Crippen LogP contribution is -2.09. The molecule has 0 saturated heterocycles. The fourth-order valence-corrected chi connectivity index (χ4v) is 2.78. The van der Waals surface area contributed by atoms with Crippen LogP contribution in [0.3, 0.4) is 0 Å². The molecule has 0 amide bonds. The van der Waals surface area contributed by atoms with Gasteiger partial charge in [0, 0.05) is 10.5 Å². The molecule has 1 unspecified atom stereocenters. The zero-order valence-corrected chi connectivity index (χ0v) is 13.9. The van der Waals surface area contributed by atoms with Crippen LogP contribution in [0.4, 0.5) is 5.69 Å². The number of aryl methyl sites for hydroxylation is 2. The van der Waals surface area contributed by atoms with Crippen LogP contribution in [0.2, 0.25) is 0 Å². The van der Waals surface area contributed by atoms with Crippen LogP contribution in [-0.2, 0) is 0 Å². The Morgan fingerprint density at radius 1 is 1.10 bits per heavy atom. The molecule has 2 rings (SSSR count). The Labute approximate surface area is 129 Å². The quantitative estimate of drug-likeness (QED) is 0.825. The zero-order chi connectivity index (χ0) is 14.7. The van der Waals surface area contributed by atoms with E-state index in [-0.39, 0.29) is 6.04 Å². The first-order chi connectivity index (χ1) is 9.51. The van der Waals surface area contributed by atoms with Gasteiger partial charge in [-0.2, -0.15) is 0 Å². The molecule has 3 heteroatoms. The smallest absolute Gasteiger partial charge is 0.142 e. The summed E-state index contributed by atoms with van der Waals surface area (Å²) < 4.78 is 6.44. The zero-order valence-electron chi connectivity index (χ0n) is 12.3. The van der Waals surface area contributed by atoms with Crippen molar-refractivity contribution in [3.63, 3.8) is 0 Å². The highest BCUT2D eigenvalue weighted by atomic mass is 79.9. The number of anilines is 1. The first-order valence-corrected chi connectivity index (χ1v) is 7.48. The highest BCUT2D eigenvalue weighted by Crippen LogP contribution is 2.31. The third-order valence-corrected chi connectivity index (χ3v) is 3.92. The van der Waals surface area contributed by atoms with E-state index >= 15 is 0 Å². The third kappa shape index (κ3) is 3.34. The maximum atomic E-state index is 5.40. The number of rotatable bonds is 4. The van der Waals surface area contributed by atoms with Gasteiger partial charge in [0.25, 0.3) is 0 Å². The van der Waals surface area contributed by atoms with Crippen LogP contribution in [0.25, 0.3) is 0 Å². The van der Waals surface area contributed by atoms with Crippen molar-refractivity contribution in [1.29, 1.82) is 0 Å². The maximum absolute atomic E-state index is 5.40. The Morgan fingerprint density at radius 3 is 2.50 bits per heavy atom. The van der Waals surface area contributed by atoms with Gasteiger partial charge in [0.1, 0.15) is 5.75 Å². The minimum absolute atomic E-state index is 0.221. The second-order valence-electron chi connectivity index (χ2n) is 5.07. The van der Waals surface area contributed by atoms with Gasteiger partial charge in [0.2, 0.25) is 0 Å². The standard InChI is InChI=1S/C17H20BrNO/c1-11-5-7-15(12(2)9-11)13(3)19-16-10-14(18)6-8-17(16)20-4/h5-10,13,19H,1-4H3. The Hall–Kier alpha value is -1.48. The van der Waals surface area contributed by atoms with Crippen molar-refractivity contribution in [2.75, 3.05) is 12.4 Å². The summed E-state index contributed by atoms with van der Waals surface area (Å²) in [6.45, 7) is 6.43. The van der Waals surface area contributed by atoms with Gasteiger partial charge < -0.3 is 10.1 Å². The van der Waals surface area contributed by atoms with Gasteiger partial charge in [-0.3, -0.25) is 0 Å². The van der Waals surface area contributed by atoms with E-state index in [2.05, 4.69) is 60.2 Å². The van der Waals surface area contributed by atoms with E-state index < -0.39 is 0 Å². The lowest BCUT2D eigenvalue weighted by atomic mass is 10.00. The summed E-state index contributed by atoms with van der Waals surface area (Å²) in [5.74, 6) is 0.852. The van der Waals surface area contributed by atoms with Crippen molar-refractivity contribution in [1.82, 2.24) is 0 Å². The van der Waals surface area contributed by atoms with Crippen LogP contribution in [0.1, 0.15) is 29.7 Å². The molecule has 0 aliphatic rings. The number of methoxy groups -OCH3 is 1. The first-order valence-electron chi connectivity index (χ1n) is 6.68. The summed E-state index contributed by atoms with van der Waals surface area (Å²) in [6, 6.07) is 12.8. The Balaban J connectivity index is 2.27. The summed E-state index contributed by atoms with van der Waals surface area (Å²) >= 11 is 3.50. The molecule has 0 saturated carbocycles. The van der Waals surface area contributed by atoms with E-state index in [4.69, 9.17) is 4.74 Å². The second kappa shape index (κ2) is 6.31. The summed E-state index contributed by atoms with van der Waals surface area (Å²) in [4.78, 5) is 0. The van der Waals surface area contributed by atoms with E-state index in [1.807, 2.05) is 18.2 Å². The lowest BCUT2D eigenvalue weighted by Gasteiger charge is -2.20. The number of ether oxygens (including phenoxy) is 1. The van der Waals surface area contributed by atoms with Crippen LogP contribution in [0.5, 0.6) is 5.75 Å².